The van der Waals surface area contributed by atoms with Gasteiger partial charge in [0.15, 0.2) is 0 Å². The minimum Gasteiger partial charge on any atom is -0.355 e. The molecule has 1 unspecified atom stereocenters. The van der Waals surface area contributed by atoms with Crippen molar-refractivity contribution in [3.05, 3.63) is 0 Å². The number of hydrogen-bond donors (Lipinski definition) is 2. The Labute approximate surface area is 54.1 Å². The minimum atomic E-state index is -0.403. The maximum absolute atomic E-state index is 10.7. The lowest BCUT2D eigenvalue weighted by Crippen LogP contribution is -2.28. The van der Waals surface area contributed by atoms with Gasteiger partial charge in [0, 0.05) is 6.54 Å². The van der Waals surface area contributed by atoms with Crippen molar-refractivity contribution in [3.63, 3.8) is 0 Å². The van der Waals surface area contributed by atoms with Gasteiger partial charge in [-0.05, 0) is 13.3 Å². The Bertz CT molecular complexity index is 122. The summed E-state index contributed by atoms with van der Waals surface area (Å²) in [6.07, 6.45) is 0.842. The van der Waals surface area contributed by atoms with Gasteiger partial charge in [-0.3, -0.25) is 4.79 Å². The topological polar surface area (TPSA) is 29.1 Å². The van der Waals surface area contributed by atoms with Crippen molar-refractivity contribution in [2.45, 2.75) is 18.1 Å². The van der Waals surface area contributed by atoms with Crippen LogP contribution in [0.4, 0.5) is 0 Å². The smallest absolute Gasteiger partial charge is 0.235 e. The van der Waals surface area contributed by atoms with E-state index in [1.165, 1.54) is 0 Å². The van der Waals surface area contributed by atoms with Crippen LogP contribution in [0.1, 0.15) is 13.3 Å². The SMILES string of the molecule is CC1(S)CCNC1=O. The summed E-state index contributed by atoms with van der Waals surface area (Å²) in [5.74, 6) is 0.0563. The lowest BCUT2D eigenvalue weighted by atomic mass is 10.1. The van der Waals surface area contributed by atoms with Crippen molar-refractivity contribution in [3.8, 4) is 0 Å². The zero-order chi connectivity index (χ0) is 6.20. The van der Waals surface area contributed by atoms with Crippen molar-refractivity contribution >= 4 is 18.5 Å². The van der Waals surface area contributed by atoms with Crippen LogP contribution in [-0.4, -0.2) is 17.2 Å². The van der Waals surface area contributed by atoms with E-state index in [0.717, 1.165) is 13.0 Å². The highest BCUT2D eigenvalue weighted by Crippen LogP contribution is 2.21. The van der Waals surface area contributed by atoms with Gasteiger partial charge in [-0.25, -0.2) is 0 Å². The largest absolute Gasteiger partial charge is 0.355 e. The molecule has 0 aliphatic carbocycles. The van der Waals surface area contributed by atoms with E-state index in [2.05, 4.69) is 17.9 Å². The average molecular weight is 131 g/mol. The summed E-state index contributed by atoms with van der Waals surface area (Å²) in [5.41, 5.74) is 0. The van der Waals surface area contributed by atoms with Crippen molar-refractivity contribution in [1.29, 1.82) is 0 Å². The number of thiol groups is 1. The number of carbonyl (C=O) groups is 1. The standard InChI is InChI=1S/C5H9NOS/c1-5(8)2-3-6-4(5)7/h8H,2-3H2,1H3,(H,6,7). The maximum atomic E-state index is 10.7. The van der Waals surface area contributed by atoms with Crippen LogP contribution in [-0.2, 0) is 4.79 Å². The minimum absolute atomic E-state index is 0.0563. The lowest BCUT2D eigenvalue weighted by molar-refractivity contribution is -0.120. The Hall–Kier alpha value is -0.180. The van der Waals surface area contributed by atoms with E-state index in [1.54, 1.807) is 0 Å². The summed E-state index contributed by atoms with van der Waals surface area (Å²) >= 11 is 4.13. The number of carbonyl (C=O) groups excluding carboxylic acids is 1. The van der Waals surface area contributed by atoms with E-state index in [-0.39, 0.29) is 5.91 Å². The second-order valence-electron chi connectivity index (χ2n) is 2.28. The molecule has 1 saturated heterocycles. The third-order valence-electron chi connectivity index (χ3n) is 1.39. The van der Waals surface area contributed by atoms with Crippen LogP contribution in [0.5, 0.6) is 0 Å². The molecule has 0 saturated carbocycles. The lowest BCUT2D eigenvalue weighted by Gasteiger charge is -2.09. The summed E-state index contributed by atoms with van der Waals surface area (Å²) < 4.78 is -0.403. The van der Waals surface area contributed by atoms with E-state index in [9.17, 15) is 4.79 Å². The molecule has 2 nitrogen and oxygen atoms in total. The molecule has 0 aromatic carbocycles. The van der Waals surface area contributed by atoms with Gasteiger partial charge >= 0.3 is 0 Å². The van der Waals surface area contributed by atoms with E-state index < -0.39 is 4.75 Å². The van der Waals surface area contributed by atoms with Crippen LogP contribution < -0.4 is 5.32 Å². The molecule has 1 atom stereocenters. The van der Waals surface area contributed by atoms with Crippen LogP contribution in [0.15, 0.2) is 0 Å². The quantitative estimate of drug-likeness (QED) is 0.452. The maximum Gasteiger partial charge on any atom is 0.235 e. The van der Waals surface area contributed by atoms with Gasteiger partial charge in [0.25, 0.3) is 0 Å². The highest BCUT2D eigenvalue weighted by molar-refractivity contribution is 7.82. The summed E-state index contributed by atoms with van der Waals surface area (Å²) in [5, 5.41) is 2.69. The predicted octanol–water partition coefficient (Wildman–Crippen LogP) is 0.195. The van der Waals surface area contributed by atoms with Crippen molar-refractivity contribution < 1.29 is 4.79 Å². The van der Waals surface area contributed by atoms with E-state index in [4.69, 9.17) is 0 Å². The van der Waals surface area contributed by atoms with Crippen LogP contribution in [0.3, 0.4) is 0 Å². The first-order valence-corrected chi connectivity index (χ1v) is 3.08. The molecule has 3 heteroatoms. The Morgan fingerprint density at radius 2 is 2.50 bits per heavy atom. The molecular formula is C5H9NOS. The highest BCUT2D eigenvalue weighted by atomic mass is 32.1. The molecule has 46 valence electrons. The molecule has 1 rings (SSSR count). The summed E-state index contributed by atoms with van der Waals surface area (Å²) in [4.78, 5) is 10.7. The van der Waals surface area contributed by atoms with Gasteiger partial charge in [-0.2, -0.15) is 12.6 Å². The van der Waals surface area contributed by atoms with Crippen molar-refractivity contribution in [1.82, 2.24) is 5.32 Å². The summed E-state index contributed by atoms with van der Waals surface area (Å²) in [7, 11) is 0. The molecule has 0 aromatic heterocycles. The molecule has 1 aliphatic rings. The van der Waals surface area contributed by atoms with Crippen molar-refractivity contribution in [2.24, 2.45) is 0 Å². The Kier molecular flexibility index (Phi) is 1.23. The Morgan fingerprint density at radius 1 is 1.88 bits per heavy atom. The monoisotopic (exact) mass is 131 g/mol. The summed E-state index contributed by atoms with van der Waals surface area (Å²) in [6.45, 7) is 2.61. The van der Waals surface area contributed by atoms with Crippen LogP contribution >= 0.6 is 12.6 Å². The van der Waals surface area contributed by atoms with Gasteiger partial charge in [-0.15, -0.1) is 0 Å². The highest BCUT2D eigenvalue weighted by Gasteiger charge is 2.33. The molecule has 0 bridgehead atoms. The molecule has 1 N–H and O–H groups in total. The van der Waals surface area contributed by atoms with E-state index in [0.29, 0.717) is 0 Å². The van der Waals surface area contributed by atoms with Gasteiger partial charge in [-0.1, -0.05) is 0 Å². The van der Waals surface area contributed by atoms with Gasteiger partial charge in [0.05, 0.1) is 4.75 Å². The summed E-state index contributed by atoms with van der Waals surface area (Å²) in [6, 6.07) is 0. The molecule has 0 aromatic rings. The third kappa shape index (κ3) is 0.823. The number of hydrogen-bond acceptors (Lipinski definition) is 2. The average Bonchev–Trinajstić information content (AvgIpc) is 1.86. The fraction of sp³-hybridized carbons (Fsp3) is 0.800. The second-order valence-corrected chi connectivity index (χ2v) is 3.27. The van der Waals surface area contributed by atoms with E-state index in [1.807, 2.05) is 6.92 Å². The fourth-order valence-electron chi connectivity index (χ4n) is 0.723. The molecular weight excluding hydrogens is 122 g/mol. The number of nitrogens with one attached hydrogen (secondary N) is 1. The van der Waals surface area contributed by atoms with Crippen LogP contribution in [0, 0.1) is 0 Å². The molecule has 1 fully saturated rings. The first kappa shape index (κ1) is 5.95. The third-order valence-corrected chi connectivity index (χ3v) is 1.81. The van der Waals surface area contributed by atoms with Gasteiger partial charge in [0.1, 0.15) is 0 Å². The van der Waals surface area contributed by atoms with E-state index >= 15 is 0 Å². The van der Waals surface area contributed by atoms with Crippen molar-refractivity contribution in [2.75, 3.05) is 6.54 Å². The first-order valence-electron chi connectivity index (χ1n) is 2.63. The number of rotatable bonds is 0. The Balaban J connectivity index is 2.68. The molecule has 0 radical (unpaired) electrons. The second kappa shape index (κ2) is 1.65. The predicted molar refractivity (Wildman–Crippen MR) is 35.0 cm³/mol. The molecule has 8 heavy (non-hydrogen) atoms. The molecule has 1 aliphatic heterocycles. The molecule has 1 heterocycles. The molecule has 1 amide bonds. The van der Waals surface area contributed by atoms with Gasteiger partial charge < -0.3 is 5.32 Å². The molecule has 0 spiro atoms. The number of amides is 1. The van der Waals surface area contributed by atoms with Gasteiger partial charge in [0.2, 0.25) is 5.91 Å². The van der Waals surface area contributed by atoms with Crippen LogP contribution in [0.2, 0.25) is 0 Å². The normalized spacial score (nSPS) is 37.5. The zero-order valence-electron chi connectivity index (χ0n) is 4.77. The first-order chi connectivity index (χ1) is 3.63. The zero-order valence-corrected chi connectivity index (χ0v) is 5.66. The Morgan fingerprint density at radius 3 is 2.62 bits per heavy atom. The van der Waals surface area contributed by atoms with Crippen LogP contribution in [0.25, 0.3) is 0 Å². The fourth-order valence-corrected chi connectivity index (χ4v) is 0.914.